The summed E-state index contributed by atoms with van der Waals surface area (Å²) in [6.07, 6.45) is 7.07. The van der Waals surface area contributed by atoms with Crippen LogP contribution >= 0.6 is 11.6 Å². The minimum absolute atomic E-state index is 0.552. The third-order valence-electron chi connectivity index (χ3n) is 4.98. The molecule has 1 aliphatic heterocycles. The summed E-state index contributed by atoms with van der Waals surface area (Å²) in [6.45, 7) is 4.52. The number of rotatable bonds is 2. The lowest BCUT2D eigenvalue weighted by Crippen LogP contribution is -2.58. The molecule has 1 saturated carbocycles. The van der Waals surface area contributed by atoms with Gasteiger partial charge in [-0.15, -0.1) is 0 Å². The van der Waals surface area contributed by atoms with Gasteiger partial charge in [-0.3, -0.25) is 0 Å². The van der Waals surface area contributed by atoms with E-state index in [1.54, 1.807) is 0 Å². The lowest BCUT2D eigenvalue weighted by Gasteiger charge is -2.44. The Morgan fingerprint density at radius 3 is 2.50 bits per heavy atom. The molecule has 3 heteroatoms. The van der Waals surface area contributed by atoms with Crippen molar-refractivity contribution >= 4 is 17.3 Å². The number of halogens is 1. The van der Waals surface area contributed by atoms with Gasteiger partial charge in [0, 0.05) is 35.9 Å². The van der Waals surface area contributed by atoms with Gasteiger partial charge in [0.2, 0.25) is 0 Å². The Kier molecular flexibility index (Phi) is 4.52. The molecule has 1 heterocycles. The molecule has 0 spiro atoms. The Hall–Kier alpha value is -0.730. The van der Waals surface area contributed by atoms with E-state index in [4.69, 9.17) is 11.6 Å². The summed E-state index contributed by atoms with van der Waals surface area (Å²) in [7, 11) is 0. The second-order valence-electron chi connectivity index (χ2n) is 6.39. The molecule has 20 heavy (non-hydrogen) atoms. The van der Waals surface area contributed by atoms with Crippen LogP contribution in [0.2, 0.25) is 5.02 Å². The average molecular weight is 293 g/mol. The Morgan fingerprint density at radius 1 is 1.10 bits per heavy atom. The first-order chi connectivity index (χ1) is 9.74. The van der Waals surface area contributed by atoms with Crippen LogP contribution in [0.5, 0.6) is 0 Å². The van der Waals surface area contributed by atoms with Gasteiger partial charge in [0.15, 0.2) is 0 Å². The summed E-state index contributed by atoms with van der Waals surface area (Å²) >= 11 is 6.01. The van der Waals surface area contributed by atoms with Crippen LogP contribution in [-0.4, -0.2) is 25.2 Å². The van der Waals surface area contributed by atoms with Crippen molar-refractivity contribution in [1.82, 2.24) is 5.32 Å². The normalized spacial score (nSPS) is 28.6. The van der Waals surface area contributed by atoms with Crippen molar-refractivity contribution in [2.24, 2.45) is 5.92 Å². The zero-order chi connectivity index (χ0) is 13.9. The molecule has 0 amide bonds. The maximum absolute atomic E-state index is 6.01. The standard InChI is InChI=1S/C17H25ClN2/c1-13-11-19-17(14-5-3-2-4-6-14)12-20(13)16-9-7-15(18)8-10-16/h7-10,13-14,17,19H,2-6,11-12H2,1H3. The van der Waals surface area contributed by atoms with Crippen molar-refractivity contribution in [3.8, 4) is 0 Å². The van der Waals surface area contributed by atoms with E-state index >= 15 is 0 Å². The fourth-order valence-corrected chi connectivity index (χ4v) is 3.86. The Balaban J connectivity index is 1.71. The van der Waals surface area contributed by atoms with Crippen molar-refractivity contribution in [2.45, 2.75) is 51.1 Å². The molecule has 2 fully saturated rings. The van der Waals surface area contributed by atoms with Crippen LogP contribution in [0, 0.1) is 5.92 Å². The van der Waals surface area contributed by atoms with Gasteiger partial charge in [-0.05, 0) is 49.9 Å². The molecular weight excluding hydrogens is 268 g/mol. The smallest absolute Gasteiger partial charge is 0.0407 e. The van der Waals surface area contributed by atoms with Crippen LogP contribution < -0.4 is 10.2 Å². The van der Waals surface area contributed by atoms with Gasteiger partial charge >= 0.3 is 0 Å². The predicted octanol–water partition coefficient (Wildman–Crippen LogP) is 4.09. The van der Waals surface area contributed by atoms with Gasteiger partial charge in [-0.25, -0.2) is 0 Å². The quantitative estimate of drug-likeness (QED) is 0.883. The van der Waals surface area contributed by atoms with E-state index in [-0.39, 0.29) is 0 Å². The first-order valence-electron chi connectivity index (χ1n) is 7.99. The number of nitrogens with zero attached hydrogens (tertiary/aromatic N) is 1. The van der Waals surface area contributed by atoms with Gasteiger partial charge in [0.05, 0.1) is 0 Å². The third-order valence-corrected chi connectivity index (χ3v) is 5.23. The molecule has 2 unspecified atom stereocenters. The topological polar surface area (TPSA) is 15.3 Å². The molecule has 110 valence electrons. The lowest BCUT2D eigenvalue weighted by atomic mass is 9.82. The fraction of sp³-hybridized carbons (Fsp3) is 0.647. The molecule has 0 bridgehead atoms. The maximum Gasteiger partial charge on any atom is 0.0407 e. The van der Waals surface area contributed by atoms with E-state index in [2.05, 4.69) is 29.3 Å². The molecule has 2 atom stereocenters. The van der Waals surface area contributed by atoms with Crippen molar-refractivity contribution in [1.29, 1.82) is 0 Å². The SMILES string of the molecule is CC1CNC(C2CCCCC2)CN1c1ccc(Cl)cc1. The third kappa shape index (κ3) is 3.12. The number of benzene rings is 1. The lowest BCUT2D eigenvalue weighted by molar-refractivity contribution is 0.245. The molecule has 1 saturated heterocycles. The summed E-state index contributed by atoms with van der Waals surface area (Å²) in [4.78, 5) is 2.55. The highest BCUT2D eigenvalue weighted by Crippen LogP contribution is 2.30. The molecule has 1 aliphatic carbocycles. The number of anilines is 1. The summed E-state index contributed by atoms with van der Waals surface area (Å²) in [6, 6.07) is 9.52. The van der Waals surface area contributed by atoms with E-state index in [9.17, 15) is 0 Å². The summed E-state index contributed by atoms with van der Waals surface area (Å²) in [5, 5.41) is 4.60. The molecule has 0 radical (unpaired) electrons. The molecular formula is C17H25ClN2. The van der Waals surface area contributed by atoms with Gasteiger partial charge in [0.1, 0.15) is 0 Å². The van der Waals surface area contributed by atoms with Crippen molar-refractivity contribution < 1.29 is 0 Å². The number of hydrogen-bond acceptors (Lipinski definition) is 2. The van der Waals surface area contributed by atoms with Crippen molar-refractivity contribution in [3.05, 3.63) is 29.3 Å². The molecule has 1 aromatic carbocycles. The van der Waals surface area contributed by atoms with Gasteiger partial charge < -0.3 is 10.2 Å². The van der Waals surface area contributed by atoms with Crippen LogP contribution in [0.1, 0.15) is 39.0 Å². The second-order valence-corrected chi connectivity index (χ2v) is 6.83. The molecule has 2 nitrogen and oxygen atoms in total. The van der Waals surface area contributed by atoms with Gasteiger partial charge in [-0.1, -0.05) is 30.9 Å². The monoisotopic (exact) mass is 292 g/mol. The van der Waals surface area contributed by atoms with Crippen molar-refractivity contribution in [2.75, 3.05) is 18.0 Å². The first kappa shape index (κ1) is 14.2. The average Bonchev–Trinajstić information content (AvgIpc) is 2.50. The summed E-state index contributed by atoms with van der Waals surface area (Å²) in [5.41, 5.74) is 1.31. The van der Waals surface area contributed by atoms with Crippen LogP contribution in [-0.2, 0) is 0 Å². The molecule has 0 aromatic heterocycles. The van der Waals surface area contributed by atoms with E-state index in [0.717, 1.165) is 24.0 Å². The fourth-order valence-electron chi connectivity index (χ4n) is 3.73. The van der Waals surface area contributed by atoms with Gasteiger partial charge in [-0.2, -0.15) is 0 Å². The first-order valence-corrected chi connectivity index (χ1v) is 8.37. The molecule has 1 N–H and O–H groups in total. The highest BCUT2D eigenvalue weighted by molar-refractivity contribution is 6.30. The van der Waals surface area contributed by atoms with Crippen LogP contribution in [0.15, 0.2) is 24.3 Å². The second kappa shape index (κ2) is 6.36. The highest BCUT2D eigenvalue weighted by atomic mass is 35.5. The summed E-state index contributed by atoms with van der Waals surface area (Å²) < 4.78 is 0. The minimum Gasteiger partial charge on any atom is -0.366 e. The largest absolute Gasteiger partial charge is 0.366 e. The van der Waals surface area contributed by atoms with Crippen LogP contribution in [0.25, 0.3) is 0 Å². The Labute approximate surface area is 127 Å². The van der Waals surface area contributed by atoms with E-state index in [0.29, 0.717) is 12.1 Å². The summed E-state index contributed by atoms with van der Waals surface area (Å²) in [5.74, 6) is 0.867. The van der Waals surface area contributed by atoms with Crippen LogP contribution in [0.4, 0.5) is 5.69 Å². The predicted molar refractivity (Wildman–Crippen MR) is 86.6 cm³/mol. The van der Waals surface area contributed by atoms with Crippen molar-refractivity contribution in [3.63, 3.8) is 0 Å². The Bertz CT molecular complexity index is 425. The Morgan fingerprint density at radius 2 is 1.80 bits per heavy atom. The van der Waals surface area contributed by atoms with Gasteiger partial charge in [0.25, 0.3) is 0 Å². The van der Waals surface area contributed by atoms with E-state index in [1.165, 1.54) is 37.8 Å². The number of hydrogen-bond donors (Lipinski definition) is 1. The maximum atomic E-state index is 6.01. The van der Waals surface area contributed by atoms with E-state index < -0.39 is 0 Å². The number of piperazine rings is 1. The number of nitrogens with one attached hydrogen (secondary N) is 1. The minimum atomic E-state index is 0.552. The molecule has 3 rings (SSSR count). The van der Waals surface area contributed by atoms with Crippen LogP contribution in [0.3, 0.4) is 0 Å². The zero-order valence-corrected chi connectivity index (χ0v) is 13.1. The zero-order valence-electron chi connectivity index (χ0n) is 12.3. The van der Waals surface area contributed by atoms with E-state index in [1.807, 2.05) is 12.1 Å². The molecule has 1 aromatic rings. The highest BCUT2D eigenvalue weighted by Gasteiger charge is 2.31. The molecule has 2 aliphatic rings.